The van der Waals surface area contributed by atoms with Gasteiger partial charge in [-0.25, -0.2) is 0 Å². The molecule has 146 valence electrons. The summed E-state index contributed by atoms with van der Waals surface area (Å²) < 4.78 is 0. The Labute approximate surface area is 163 Å². The molecule has 0 aliphatic heterocycles. The Hall–Kier alpha value is -1.89. The van der Waals surface area contributed by atoms with Gasteiger partial charge in [0.05, 0.1) is 5.56 Å². The van der Waals surface area contributed by atoms with E-state index in [2.05, 4.69) is 16.0 Å². The van der Waals surface area contributed by atoms with Crippen LogP contribution in [0.25, 0.3) is 0 Å². The minimum atomic E-state index is -0.109. The van der Waals surface area contributed by atoms with Gasteiger partial charge < -0.3 is 16.0 Å². The predicted octanol–water partition coefficient (Wildman–Crippen LogP) is 2.48. The minimum Gasteiger partial charge on any atom is -0.356 e. The number of hydrogen-bond donors (Lipinski definition) is 3. The summed E-state index contributed by atoms with van der Waals surface area (Å²) in [6, 6.07) is 0. The van der Waals surface area contributed by atoms with Crippen molar-refractivity contribution in [3.05, 3.63) is 16.0 Å². The van der Waals surface area contributed by atoms with Gasteiger partial charge in [0.15, 0.2) is 0 Å². The van der Waals surface area contributed by atoms with Crippen LogP contribution in [-0.2, 0) is 22.4 Å². The molecule has 0 spiro atoms. The van der Waals surface area contributed by atoms with Crippen molar-refractivity contribution in [3.8, 4) is 0 Å². The Morgan fingerprint density at radius 1 is 1.00 bits per heavy atom. The van der Waals surface area contributed by atoms with Gasteiger partial charge in [0.25, 0.3) is 5.91 Å². The Balaban J connectivity index is 1.58. The van der Waals surface area contributed by atoms with E-state index < -0.39 is 0 Å². The van der Waals surface area contributed by atoms with Gasteiger partial charge in [0.2, 0.25) is 11.8 Å². The van der Waals surface area contributed by atoms with Crippen molar-refractivity contribution in [3.63, 3.8) is 0 Å². The second-order valence-electron chi connectivity index (χ2n) is 7.96. The third kappa shape index (κ3) is 4.18. The van der Waals surface area contributed by atoms with Gasteiger partial charge in [-0.3, -0.25) is 14.4 Å². The van der Waals surface area contributed by atoms with Crippen LogP contribution in [0.2, 0.25) is 0 Å². The number of hydrogen-bond acceptors (Lipinski definition) is 4. The fourth-order valence-corrected chi connectivity index (χ4v) is 4.91. The zero-order chi connectivity index (χ0) is 19.0. The molecule has 3 amide bonds. The number of anilines is 1. The number of rotatable bonds is 7. The number of thiophene rings is 1. The molecule has 27 heavy (non-hydrogen) atoms. The van der Waals surface area contributed by atoms with E-state index in [9.17, 15) is 14.4 Å². The minimum absolute atomic E-state index is 0.0186. The third-order valence-electron chi connectivity index (χ3n) is 5.64. The van der Waals surface area contributed by atoms with E-state index in [0.717, 1.165) is 36.1 Å². The molecule has 1 aromatic rings. The molecule has 0 bridgehead atoms. The highest BCUT2D eigenvalue weighted by molar-refractivity contribution is 7.17. The number of amides is 3. The van der Waals surface area contributed by atoms with Crippen LogP contribution in [0, 0.1) is 17.8 Å². The van der Waals surface area contributed by atoms with Crippen LogP contribution in [0.3, 0.4) is 0 Å². The first-order chi connectivity index (χ1) is 13.1. The Morgan fingerprint density at radius 2 is 1.78 bits per heavy atom. The molecule has 1 unspecified atom stereocenters. The highest BCUT2D eigenvalue weighted by Crippen LogP contribution is 2.41. The summed E-state index contributed by atoms with van der Waals surface area (Å²) in [5, 5.41) is 9.61. The highest BCUT2D eigenvalue weighted by Gasteiger charge is 2.35. The molecule has 0 radical (unpaired) electrons. The lowest BCUT2D eigenvalue weighted by atomic mass is 9.85. The SMILES string of the molecule is CCNC(=O)C1CCc2sc(NC(=O)C3CC3)c(C(=O)NCC3CC3)c2C1. The highest BCUT2D eigenvalue weighted by atomic mass is 32.1. The Bertz CT molecular complexity index is 765. The normalized spacial score (nSPS) is 21.3. The summed E-state index contributed by atoms with van der Waals surface area (Å²) in [5.74, 6) is 0.550. The Morgan fingerprint density at radius 3 is 2.44 bits per heavy atom. The average Bonchev–Trinajstić information content (AvgIpc) is 3.55. The van der Waals surface area contributed by atoms with Crippen LogP contribution in [-0.4, -0.2) is 30.8 Å². The largest absolute Gasteiger partial charge is 0.356 e. The molecule has 0 saturated heterocycles. The summed E-state index contributed by atoms with van der Waals surface area (Å²) in [5.41, 5.74) is 1.56. The lowest BCUT2D eigenvalue weighted by Crippen LogP contribution is -2.34. The van der Waals surface area contributed by atoms with Gasteiger partial charge in [-0.2, -0.15) is 0 Å². The summed E-state index contributed by atoms with van der Waals surface area (Å²) >= 11 is 1.52. The standard InChI is InChI=1S/C20H27N3O3S/c1-2-21-17(24)13-7-8-15-14(9-13)16(19(26)22-10-11-3-4-11)20(27-15)23-18(25)12-5-6-12/h11-13H,2-10H2,1H3,(H,21,24)(H,22,26)(H,23,25). The monoisotopic (exact) mass is 389 g/mol. The maximum atomic E-state index is 12.9. The number of nitrogens with one attached hydrogen (secondary N) is 3. The molecule has 4 rings (SSSR count). The lowest BCUT2D eigenvalue weighted by Gasteiger charge is -2.22. The van der Waals surface area contributed by atoms with E-state index >= 15 is 0 Å². The quantitative estimate of drug-likeness (QED) is 0.669. The third-order valence-corrected chi connectivity index (χ3v) is 6.85. The molecule has 3 aliphatic carbocycles. The van der Waals surface area contributed by atoms with E-state index in [1.807, 2.05) is 6.92 Å². The van der Waals surface area contributed by atoms with Gasteiger partial charge in [0, 0.05) is 29.8 Å². The molecule has 0 aromatic carbocycles. The van der Waals surface area contributed by atoms with Crippen LogP contribution < -0.4 is 16.0 Å². The summed E-state index contributed by atoms with van der Waals surface area (Å²) in [4.78, 5) is 38.7. The molecule has 3 N–H and O–H groups in total. The molecule has 1 aromatic heterocycles. The van der Waals surface area contributed by atoms with E-state index in [1.165, 1.54) is 24.2 Å². The number of aryl methyl sites for hydroxylation is 1. The van der Waals surface area contributed by atoms with Crippen molar-refractivity contribution in [1.29, 1.82) is 0 Å². The first-order valence-electron chi connectivity index (χ1n) is 10.1. The Kier molecular flexibility index (Phi) is 5.21. The number of carbonyl (C=O) groups is 3. The molecular weight excluding hydrogens is 362 g/mol. The van der Waals surface area contributed by atoms with E-state index in [-0.39, 0.29) is 29.6 Å². The molecular formula is C20H27N3O3S. The fraction of sp³-hybridized carbons (Fsp3) is 0.650. The second kappa shape index (κ2) is 7.62. The van der Waals surface area contributed by atoms with Crippen molar-refractivity contribution in [2.45, 2.75) is 51.9 Å². The van der Waals surface area contributed by atoms with E-state index in [1.54, 1.807) is 0 Å². The molecule has 1 heterocycles. The van der Waals surface area contributed by atoms with Crippen molar-refractivity contribution in [2.75, 3.05) is 18.4 Å². The molecule has 7 heteroatoms. The predicted molar refractivity (Wildman–Crippen MR) is 105 cm³/mol. The maximum Gasteiger partial charge on any atom is 0.254 e. The smallest absolute Gasteiger partial charge is 0.254 e. The van der Waals surface area contributed by atoms with Crippen LogP contribution in [0.15, 0.2) is 0 Å². The lowest BCUT2D eigenvalue weighted by molar-refractivity contribution is -0.125. The zero-order valence-electron chi connectivity index (χ0n) is 15.7. The molecule has 1 atom stereocenters. The molecule has 6 nitrogen and oxygen atoms in total. The topological polar surface area (TPSA) is 87.3 Å². The van der Waals surface area contributed by atoms with Crippen LogP contribution >= 0.6 is 11.3 Å². The van der Waals surface area contributed by atoms with Gasteiger partial charge in [-0.1, -0.05) is 0 Å². The second-order valence-corrected chi connectivity index (χ2v) is 9.06. The maximum absolute atomic E-state index is 12.9. The first-order valence-corrected chi connectivity index (χ1v) is 10.9. The van der Waals surface area contributed by atoms with Gasteiger partial charge in [-0.05, 0) is 63.4 Å². The summed E-state index contributed by atoms with van der Waals surface area (Å²) in [6.07, 6.45) is 6.35. The van der Waals surface area contributed by atoms with Gasteiger partial charge in [-0.15, -0.1) is 11.3 Å². The molecule has 3 aliphatic rings. The first kappa shape index (κ1) is 18.5. The molecule has 2 saturated carbocycles. The van der Waals surface area contributed by atoms with E-state index in [0.29, 0.717) is 36.0 Å². The van der Waals surface area contributed by atoms with Gasteiger partial charge in [0.1, 0.15) is 5.00 Å². The van der Waals surface area contributed by atoms with Crippen molar-refractivity contribution >= 4 is 34.1 Å². The number of fused-ring (bicyclic) bond motifs is 1. The molecule has 2 fully saturated rings. The van der Waals surface area contributed by atoms with Crippen molar-refractivity contribution in [2.24, 2.45) is 17.8 Å². The fourth-order valence-electron chi connectivity index (χ4n) is 3.66. The average molecular weight is 390 g/mol. The van der Waals surface area contributed by atoms with Gasteiger partial charge >= 0.3 is 0 Å². The summed E-state index contributed by atoms with van der Waals surface area (Å²) in [7, 11) is 0. The summed E-state index contributed by atoms with van der Waals surface area (Å²) in [6.45, 7) is 3.22. The van der Waals surface area contributed by atoms with Crippen molar-refractivity contribution < 1.29 is 14.4 Å². The van der Waals surface area contributed by atoms with Crippen molar-refractivity contribution in [1.82, 2.24) is 10.6 Å². The van der Waals surface area contributed by atoms with E-state index in [4.69, 9.17) is 0 Å². The van der Waals surface area contributed by atoms with Crippen LogP contribution in [0.1, 0.15) is 59.8 Å². The number of carbonyl (C=O) groups excluding carboxylic acids is 3. The van der Waals surface area contributed by atoms with Crippen LogP contribution in [0.5, 0.6) is 0 Å². The zero-order valence-corrected chi connectivity index (χ0v) is 16.5. The van der Waals surface area contributed by atoms with Crippen LogP contribution in [0.4, 0.5) is 5.00 Å².